The Morgan fingerprint density at radius 1 is 0.975 bits per heavy atom. The first-order valence-electron chi connectivity index (χ1n) is 11.6. The molecule has 0 aliphatic heterocycles. The van der Waals surface area contributed by atoms with Gasteiger partial charge >= 0.3 is 6.03 Å². The van der Waals surface area contributed by atoms with E-state index in [1.54, 1.807) is 32.0 Å². The third-order valence-corrected chi connectivity index (χ3v) is 8.59. The van der Waals surface area contributed by atoms with E-state index in [1.165, 1.54) is 42.1 Å². The number of hydrogen-bond donors (Lipinski definition) is 2. The molecule has 0 bridgehead atoms. The molecule has 1 aliphatic rings. The molecule has 206 valence electrons. The number of nitrogens with zero attached hydrogens (tertiary/aromatic N) is 4. The van der Waals surface area contributed by atoms with Gasteiger partial charge in [0.1, 0.15) is 0 Å². The van der Waals surface area contributed by atoms with Gasteiger partial charge in [-0.25, -0.2) is 36.0 Å². The third kappa shape index (κ3) is 4.69. The fourth-order valence-electron chi connectivity index (χ4n) is 4.39. The van der Waals surface area contributed by atoms with E-state index in [1.807, 2.05) is 4.72 Å². The molecular formula is C25H22N6O7S2. The lowest BCUT2D eigenvalue weighted by molar-refractivity contribution is 0.104. The number of hydrogen-bond acceptors (Lipinski definition) is 10. The van der Waals surface area contributed by atoms with E-state index in [2.05, 4.69) is 20.4 Å². The average molecular weight is 583 g/mol. The number of carbonyl (C=O) groups is 2. The van der Waals surface area contributed by atoms with Crippen LogP contribution in [0.3, 0.4) is 0 Å². The van der Waals surface area contributed by atoms with Crippen LogP contribution in [0.5, 0.6) is 5.88 Å². The number of amides is 2. The van der Waals surface area contributed by atoms with E-state index in [0.29, 0.717) is 28.3 Å². The molecule has 5 rings (SSSR count). The van der Waals surface area contributed by atoms with Crippen molar-refractivity contribution >= 4 is 37.6 Å². The molecule has 0 fully saturated rings. The molecule has 0 spiro atoms. The maximum Gasteiger partial charge on any atom is 0.335 e. The van der Waals surface area contributed by atoms with Gasteiger partial charge in [-0.3, -0.25) is 10.1 Å². The number of methoxy groups -OCH3 is 1. The molecule has 1 aliphatic carbocycles. The number of ketones is 1. The number of ether oxygens (including phenoxy) is 1. The summed E-state index contributed by atoms with van der Waals surface area (Å²) in [5.74, 6) is -0.580. The summed E-state index contributed by atoms with van der Waals surface area (Å²) in [7, 11) is -6.58. The Hall–Kier alpha value is -4.63. The zero-order valence-corrected chi connectivity index (χ0v) is 23.2. The van der Waals surface area contributed by atoms with E-state index >= 15 is 0 Å². The Morgan fingerprint density at radius 2 is 1.68 bits per heavy atom. The lowest BCUT2D eigenvalue weighted by atomic mass is 10.1. The molecular weight excluding hydrogens is 560 g/mol. The SMILES string of the molecule is COc1cc(C)nc(NC(=O)NS(=O)(=O)c2cccc3c2C(=O)c2c(C)nn(-c4ccc(S(C)(=O)=O)cc4)c2-3)n1. The molecule has 15 heteroatoms. The molecule has 0 radical (unpaired) electrons. The predicted molar refractivity (Wildman–Crippen MR) is 143 cm³/mol. The van der Waals surface area contributed by atoms with E-state index < -0.39 is 36.6 Å². The highest BCUT2D eigenvalue weighted by Gasteiger charge is 2.38. The highest BCUT2D eigenvalue weighted by molar-refractivity contribution is 7.90. The van der Waals surface area contributed by atoms with Crippen LogP contribution < -0.4 is 14.8 Å². The summed E-state index contributed by atoms with van der Waals surface area (Å²) in [5, 5.41) is 6.70. The topological polar surface area (TPSA) is 179 Å². The predicted octanol–water partition coefficient (Wildman–Crippen LogP) is 2.41. The minimum atomic E-state index is -4.54. The molecule has 13 nitrogen and oxygen atoms in total. The van der Waals surface area contributed by atoms with Gasteiger partial charge in [-0.1, -0.05) is 12.1 Å². The zero-order chi connectivity index (χ0) is 29.0. The van der Waals surface area contributed by atoms with Gasteiger partial charge in [0.2, 0.25) is 11.8 Å². The molecule has 2 N–H and O–H groups in total. The molecule has 2 heterocycles. The van der Waals surface area contributed by atoms with E-state index in [-0.39, 0.29) is 27.9 Å². The Kier molecular flexibility index (Phi) is 6.42. The van der Waals surface area contributed by atoms with Crippen LogP contribution in [0, 0.1) is 13.8 Å². The number of aromatic nitrogens is 4. The Balaban J connectivity index is 1.51. The van der Waals surface area contributed by atoms with E-state index in [9.17, 15) is 26.4 Å². The monoisotopic (exact) mass is 582 g/mol. The van der Waals surface area contributed by atoms with E-state index in [0.717, 1.165) is 6.26 Å². The number of urea groups is 1. The molecule has 4 aromatic rings. The Morgan fingerprint density at radius 3 is 2.33 bits per heavy atom. The number of rotatable bonds is 6. The second-order valence-electron chi connectivity index (χ2n) is 8.93. The van der Waals surface area contributed by atoms with Crippen LogP contribution in [-0.4, -0.2) is 61.8 Å². The van der Waals surface area contributed by atoms with Crippen LogP contribution in [0.4, 0.5) is 10.7 Å². The lowest BCUT2D eigenvalue weighted by Crippen LogP contribution is -2.35. The van der Waals surface area contributed by atoms with Crippen molar-refractivity contribution < 1.29 is 31.2 Å². The van der Waals surface area contributed by atoms with Gasteiger partial charge in [-0.05, 0) is 44.2 Å². The van der Waals surface area contributed by atoms with Crippen LogP contribution >= 0.6 is 0 Å². The third-order valence-electron chi connectivity index (χ3n) is 6.09. The molecule has 2 aromatic carbocycles. The van der Waals surface area contributed by atoms with Crippen molar-refractivity contribution in [3.05, 3.63) is 71.0 Å². The average Bonchev–Trinajstić information content (AvgIpc) is 3.38. The van der Waals surface area contributed by atoms with Crippen molar-refractivity contribution in [1.82, 2.24) is 24.5 Å². The standard InChI is InChI=1S/C25H22N6O7S2/c1-13-12-19(38-3)27-24(26-13)28-25(33)30-40(36,37)18-7-5-6-17-21(18)23(32)20-14(2)29-31(22(17)20)15-8-10-16(11-9-15)39(4,34)35/h5-12H,1-4H3,(H2,26,27,28,30,33). The van der Waals surface area contributed by atoms with Crippen molar-refractivity contribution in [1.29, 1.82) is 0 Å². The number of sulfonamides is 1. The molecule has 2 aromatic heterocycles. The van der Waals surface area contributed by atoms with Crippen molar-refractivity contribution in [2.45, 2.75) is 23.6 Å². The van der Waals surface area contributed by atoms with Crippen LogP contribution in [0.1, 0.15) is 27.3 Å². The normalized spacial score (nSPS) is 12.6. The van der Waals surface area contributed by atoms with Crippen molar-refractivity contribution in [2.75, 3.05) is 18.7 Å². The molecule has 0 saturated carbocycles. The second kappa shape index (κ2) is 9.53. The van der Waals surface area contributed by atoms with Crippen molar-refractivity contribution in [2.24, 2.45) is 0 Å². The van der Waals surface area contributed by atoms with Gasteiger partial charge in [0, 0.05) is 23.6 Å². The zero-order valence-electron chi connectivity index (χ0n) is 21.6. The number of fused-ring (bicyclic) bond motifs is 3. The summed E-state index contributed by atoms with van der Waals surface area (Å²) in [4.78, 5) is 33.8. The van der Waals surface area contributed by atoms with Crippen LogP contribution in [0.15, 0.2) is 58.3 Å². The summed E-state index contributed by atoms with van der Waals surface area (Å²) in [6, 6.07) is 10.6. The van der Waals surface area contributed by atoms with Gasteiger partial charge in [0.05, 0.1) is 45.1 Å². The van der Waals surface area contributed by atoms with Crippen molar-refractivity contribution in [3.63, 3.8) is 0 Å². The summed E-state index contributed by atoms with van der Waals surface area (Å²) in [6.07, 6.45) is 1.09. The molecule has 0 unspecified atom stereocenters. The quantitative estimate of drug-likeness (QED) is 0.302. The van der Waals surface area contributed by atoms with Gasteiger partial charge in [-0.15, -0.1) is 0 Å². The maximum atomic E-state index is 13.5. The van der Waals surface area contributed by atoms with Gasteiger partial charge in [-0.2, -0.15) is 10.1 Å². The van der Waals surface area contributed by atoms with Crippen LogP contribution in [0.2, 0.25) is 0 Å². The van der Waals surface area contributed by atoms with Gasteiger partial charge in [0.15, 0.2) is 15.6 Å². The number of benzene rings is 2. The first-order chi connectivity index (χ1) is 18.8. The van der Waals surface area contributed by atoms with Crippen LogP contribution in [0.25, 0.3) is 16.9 Å². The molecule has 40 heavy (non-hydrogen) atoms. The number of carbonyl (C=O) groups excluding carboxylic acids is 2. The van der Waals surface area contributed by atoms with E-state index in [4.69, 9.17) is 4.74 Å². The summed E-state index contributed by atoms with van der Waals surface area (Å²) >= 11 is 0. The fourth-order valence-corrected chi connectivity index (χ4v) is 6.15. The van der Waals surface area contributed by atoms with Crippen LogP contribution in [-0.2, 0) is 19.9 Å². The molecule has 2 amide bonds. The smallest absolute Gasteiger partial charge is 0.335 e. The summed E-state index contributed by atoms with van der Waals surface area (Å²) in [5.41, 5.74) is 2.03. The van der Waals surface area contributed by atoms with Crippen molar-refractivity contribution in [3.8, 4) is 22.8 Å². The molecule has 0 atom stereocenters. The lowest BCUT2D eigenvalue weighted by Gasteiger charge is -2.12. The highest BCUT2D eigenvalue weighted by Crippen LogP contribution is 2.42. The second-order valence-corrected chi connectivity index (χ2v) is 12.6. The van der Waals surface area contributed by atoms with Gasteiger partial charge < -0.3 is 4.74 Å². The first-order valence-corrected chi connectivity index (χ1v) is 15.0. The Labute approximate surface area is 229 Å². The summed E-state index contributed by atoms with van der Waals surface area (Å²) < 4.78 is 58.7. The molecule has 0 saturated heterocycles. The number of anilines is 1. The number of nitrogens with one attached hydrogen (secondary N) is 2. The first kappa shape index (κ1) is 27.0. The maximum absolute atomic E-state index is 13.5. The number of aryl methyl sites for hydroxylation is 2. The minimum Gasteiger partial charge on any atom is -0.481 e. The Bertz CT molecular complexity index is 1930. The van der Waals surface area contributed by atoms with Gasteiger partial charge in [0.25, 0.3) is 10.0 Å². The minimum absolute atomic E-state index is 0.112. The summed E-state index contributed by atoms with van der Waals surface area (Å²) in [6.45, 7) is 3.25. The fraction of sp³-hybridized carbons (Fsp3) is 0.160. The number of sulfone groups is 1. The highest BCUT2D eigenvalue weighted by atomic mass is 32.2. The largest absolute Gasteiger partial charge is 0.481 e.